The third-order valence-corrected chi connectivity index (χ3v) is 2.92. The van der Waals surface area contributed by atoms with Crippen molar-refractivity contribution in [2.45, 2.75) is 25.1 Å². The van der Waals surface area contributed by atoms with Crippen molar-refractivity contribution in [1.29, 1.82) is 0 Å². The quantitative estimate of drug-likeness (QED) is 0.646. The van der Waals surface area contributed by atoms with Crippen LogP contribution in [0.5, 0.6) is 5.75 Å². The summed E-state index contributed by atoms with van der Waals surface area (Å²) in [6.45, 7) is 0. The number of ether oxygens (including phenoxy) is 1. The summed E-state index contributed by atoms with van der Waals surface area (Å²) in [5, 5.41) is 0. The first kappa shape index (κ1) is 15.3. The van der Waals surface area contributed by atoms with Crippen LogP contribution >= 0.6 is 15.9 Å². The Hall–Kier alpha value is -0.790. The smallest absolute Gasteiger partial charge is 0.390 e. The normalized spacial score (nSPS) is 13.4. The van der Waals surface area contributed by atoms with Gasteiger partial charge in [0.25, 0.3) is 0 Å². The SMILES string of the molecule is COc1ccc(Br)cc1CC(CC(F)(F)F)NN. The Kier molecular flexibility index (Phi) is 5.43. The van der Waals surface area contributed by atoms with Crippen LogP contribution in [0.1, 0.15) is 12.0 Å². The fraction of sp³-hybridized carbons (Fsp3) is 0.455. The van der Waals surface area contributed by atoms with Gasteiger partial charge in [0.1, 0.15) is 5.75 Å². The number of hydrazine groups is 1. The largest absolute Gasteiger partial charge is 0.496 e. The Labute approximate surface area is 112 Å². The predicted molar refractivity (Wildman–Crippen MR) is 66.2 cm³/mol. The number of rotatable bonds is 5. The molecule has 0 bridgehead atoms. The van der Waals surface area contributed by atoms with Crippen molar-refractivity contribution < 1.29 is 17.9 Å². The molecule has 0 aromatic heterocycles. The molecular weight excluding hydrogens is 313 g/mol. The zero-order valence-electron chi connectivity index (χ0n) is 9.72. The zero-order chi connectivity index (χ0) is 13.8. The first-order valence-corrected chi connectivity index (χ1v) is 6.00. The third kappa shape index (κ3) is 4.83. The second-order valence-corrected chi connectivity index (χ2v) is 4.76. The van der Waals surface area contributed by atoms with Gasteiger partial charge in [-0.2, -0.15) is 13.2 Å². The molecule has 1 rings (SSSR count). The van der Waals surface area contributed by atoms with E-state index in [0.717, 1.165) is 4.47 Å². The molecule has 7 heteroatoms. The first-order chi connectivity index (χ1) is 8.35. The first-order valence-electron chi connectivity index (χ1n) is 5.21. The lowest BCUT2D eigenvalue weighted by Gasteiger charge is -2.19. The van der Waals surface area contributed by atoms with E-state index in [0.29, 0.717) is 11.3 Å². The number of methoxy groups -OCH3 is 1. The molecule has 0 aliphatic carbocycles. The van der Waals surface area contributed by atoms with E-state index in [9.17, 15) is 13.2 Å². The monoisotopic (exact) mass is 326 g/mol. The van der Waals surface area contributed by atoms with Crippen LogP contribution in [0, 0.1) is 0 Å². The molecular formula is C11H14BrF3N2O. The summed E-state index contributed by atoms with van der Waals surface area (Å²) in [6, 6.07) is 4.30. The standard InChI is InChI=1S/C11H14BrF3N2O/c1-18-10-3-2-8(12)4-7(10)5-9(17-16)6-11(13,14)15/h2-4,9,17H,5-6,16H2,1H3. The fourth-order valence-electron chi connectivity index (χ4n) is 1.64. The van der Waals surface area contributed by atoms with Crippen LogP contribution in [0.15, 0.2) is 22.7 Å². The van der Waals surface area contributed by atoms with E-state index in [1.807, 2.05) is 0 Å². The van der Waals surface area contributed by atoms with Gasteiger partial charge in [-0.1, -0.05) is 15.9 Å². The van der Waals surface area contributed by atoms with Crippen molar-refractivity contribution in [2.24, 2.45) is 5.84 Å². The number of alkyl halides is 3. The van der Waals surface area contributed by atoms with Gasteiger partial charge in [-0.25, -0.2) is 0 Å². The van der Waals surface area contributed by atoms with Crippen LogP contribution in [-0.4, -0.2) is 19.3 Å². The van der Waals surface area contributed by atoms with E-state index in [-0.39, 0.29) is 6.42 Å². The molecule has 0 radical (unpaired) electrons. The topological polar surface area (TPSA) is 47.3 Å². The highest BCUT2D eigenvalue weighted by Crippen LogP contribution is 2.27. The summed E-state index contributed by atoms with van der Waals surface area (Å²) in [4.78, 5) is 0. The van der Waals surface area contributed by atoms with Crippen molar-refractivity contribution in [2.75, 3.05) is 7.11 Å². The molecule has 1 unspecified atom stereocenters. The van der Waals surface area contributed by atoms with Crippen LogP contribution in [0.2, 0.25) is 0 Å². The Bertz CT molecular complexity index is 398. The van der Waals surface area contributed by atoms with Gasteiger partial charge in [0.05, 0.1) is 13.5 Å². The van der Waals surface area contributed by atoms with Gasteiger partial charge in [-0.15, -0.1) is 0 Å². The third-order valence-electron chi connectivity index (χ3n) is 2.42. The average molecular weight is 327 g/mol. The lowest BCUT2D eigenvalue weighted by molar-refractivity contribution is -0.140. The minimum absolute atomic E-state index is 0.138. The van der Waals surface area contributed by atoms with Crippen LogP contribution < -0.4 is 16.0 Å². The Morgan fingerprint density at radius 3 is 2.61 bits per heavy atom. The molecule has 0 saturated carbocycles. The highest BCUT2D eigenvalue weighted by atomic mass is 79.9. The molecule has 1 aromatic rings. The summed E-state index contributed by atoms with van der Waals surface area (Å²) in [5.74, 6) is 5.70. The number of benzene rings is 1. The van der Waals surface area contributed by atoms with Crippen molar-refractivity contribution >= 4 is 15.9 Å². The molecule has 0 aliphatic rings. The van der Waals surface area contributed by atoms with E-state index in [2.05, 4.69) is 21.4 Å². The molecule has 0 saturated heterocycles. The summed E-state index contributed by atoms with van der Waals surface area (Å²) < 4.78 is 42.8. The summed E-state index contributed by atoms with van der Waals surface area (Å²) in [6.07, 6.45) is -5.10. The Morgan fingerprint density at radius 2 is 2.11 bits per heavy atom. The highest BCUT2D eigenvalue weighted by Gasteiger charge is 2.31. The minimum Gasteiger partial charge on any atom is -0.496 e. The number of nitrogens with one attached hydrogen (secondary N) is 1. The number of hydrogen-bond donors (Lipinski definition) is 2. The van der Waals surface area contributed by atoms with Crippen molar-refractivity contribution in [1.82, 2.24) is 5.43 Å². The molecule has 0 amide bonds. The Balaban J connectivity index is 2.84. The molecule has 0 fully saturated rings. The highest BCUT2D eigenvalue weighted by molar-refractivity contribution is 9.10. The van der Waals surface area contributed by atoms with Gasteiger partial charge >= 0.3 is 6.18 Å². The molecule has 0 aliphatic heterocycles. The van der Waals surface area contributed by atoms with Crippen LogP contribution in [0.25, 0.3) is 0 Å². The molecule has 3 N–H and O–H groups in total. The molecule has 102 valence electrons. The van der Waals surface area contributed by atoms with E-state index in [1.54, 1.807) is 18.2 Å². The van der Waals surface area contributed by atoms with Gasteiger partial charge in [-0.05, 0) is 30.2 Å². The van der Waals surface area contributed by atoms with Gasteiger partial charge in [0.15, 0.2) is 0 Å². The summed E-state index contributed by atoms with van der Waals surface area (Å²) >= 11 is 3.27. The zero-order valence-corrected chi connectivity index (χ0v) is 11.3. The maximum atomic E-state index is 12.3. The lowest BCUT2D eigenvalue weighted by Crippen LogP contribution is -2.40. The predicted octanol–water partition coefficient (Wildman–Crippen LogP) is 2.78. The second-order valence-electron chi connectivity index (χ2n) is 3.84. The van der Waals surface area contributed by atoms with Gasteiger partial charge in [0, 0.05) is 10.5 Å². The maximum Gasteiger partial charge on any atom is 0.390 e. The van der Waals surface area contributed by atoms with Crippen molar-refractivity contribution in [3.05, 3.63) is 28.2 Å². The average Bonchev–Trinajstić information content (AvgIpc) is 2.26. The molecule has 3 nitrogen and oxygen atoms in total. The number of hydrogen-bond acceptors (Lipinski definition) is 3. The van der Waals surface area contributed by atoms with Crippen molar-refractivity contribution in [3.63, 3.8) is 0 Å². The van der Waals surface area contributed by atoms with E-state index in [1.165, 1.54) is 7.11 Å². The lowest BCUT2D eigenvalue weighted by atomic mass is 10.0. The number of nitrogens with two attached hydrogens (primary N) is 1. The Morgan fingerprint density at radius 1 is 1.44 bits per heavy atom. The van der Waals surface area contributed by atoms with Crippen LogP contribution in [-0.2, 0) is 6.42 Å². The summed E-state index contributed by atoms with van der Waals surface area (Å²) in [5.41, 5.74) is 2.85. The molecule has 18 heavy (non-hydrogen) atoms. The maximum absolute atomic E-state index is 12.3. The van der Waals surface area contributed by atoms with Crippen LogP contribution in [0.4, 0.5) is 13.2 Å². The molecule has 1 atom stereocenters. The van der Waals surface area contributed by atoms with Gasteiger partial charge in [0.2, 0.25) is 0 Å². The molecule has 0 heterocycles. The van der Waals surface area contributed by atoms with Crippen LogP contribution in [0.3, 0.4) is 0 Å². The van der Waals surface area contributed by atoms with Gasteiger partial charge < -0.3 is 4.74 Å². The van der Waals surface area contributed by atoms with E-state index >= 15 is 0 Å². The summed E-state index contributed by atoms with van der Waals surface area (Å²) in [7, 11) is 1.47. The minimum atomic E-state index is -4.25. The van der Waals surface area contributed by atoms with Gasteiger partial charge in [-0.3, -0.25) is 11.3 Å². The van der Waals surface area contributed by atoms with E-state index in [4.69, 9.17) is 10.6 Å². The molecule has 0 spiro atoms. The number of halogens is 4. The van der Waals surface area contributed by atoms with E-state index < -0.39 is 18.6 Å². The molecule has 1 aromatic carbocycles. The second kappa shape index (κ2) is 6.40. The van der Waals surface area contributed by atoms with Crippen molar-refractivity contribution in [3.8, 4) is 5.75 Å². The fourth-order valence-corrected chi connectivity index (χ4v) is 2.05.